The summed E-state index contributed by atoms with van der Waals surface area (Å²) in [6.07, 6.45) is 0.522. The van der Waals surface area contributed by atoms with E-state index in [0.717, 1.165) is 0 Å². The molecule has 322 valence electrons. The van der Waals surface area contributed by atoms with E-state index in [1.54, 1.807) is 78.9 Å². The van der Waals surface area contributed by atoms with E-state index in [1.807, 2.05) is 41.5 Å². The van der Waals surface area contributed by atoms with Gasteiger partial charge in [-0.2, -0.15) is 0 Å². The van der Waals surface area contributed by atoms with Gasteiger partial charge in [-0.1, -0.05) is 108 Å². The van der Waals surface area contributed by atoms with E-state index < -0.39 is 83.6 Å². The third-order valence-electron chi connectivity index (χ3n) is 11.0. The highest BCUT2D eigenvalue weighted by atomic mass is 16.4. The maximum absolute atomic E-state index is 14.5. The van der Waals surface area contributed by atoms with Gasteiger partial charge in [-0.3, -0.25) is 28.8 Å². The van der Waals surface area contributed by atoms with Gasteiger partial charge in [0.1, 0.15) is 36.3 Å². The molecule has 6 amide bonds. The van der Waals surface area contributed by atoms with Gasteiger partial charge in [-0.05, 0) is 47.6 Å². The average molecular weight is 801 g/mol. The van der Waals surface area contributed by atoms with Crippen LogP contribution in [0.4, 0.5) is 0 Å². The number of carboxylic acid groups (broad SMARTS) is 1. The zero-order valence-electron chi connectivity index (χ0n) is 37.6. The zero-order chi connectivity index (χ0) is 44.4. The highest BCUT2D eigenvalue weighted by molar-refractivity contribution is 5.99. The molecular formula is C43H72N6O8. The molecule has 0 aromatic heterocycles. The van der Waals surface area contributed by atoms with Crippen LogP contribution in [-0.4, -0.2) is 143 Å². The van der Waals surface area contributed by atoms with Crippen LogP contribution in [0.3, 0.4) is 0 Å². The normalized spacial score (nSPS) is 15.3. The van der Waals surface area contributed by atoms with Crippen LogP contribution in [0.5, 0.6) is 0 Å². The van der Waals surface area contributed by atoms with Crippen molar-refractivity contribution in [2.45, 2.75) is 126 Å². The van der Waals surface area contributed by atoms with Gasteiger partial charge in [0, 0.05) is 40.8 Å². The van der Waals surface area contributed by atoms with Gasteiger partial charge in [-0.15, -0.1) is 0 Å². The fourth-order valence-electron chi connectivity index (χ4n) is 7.69. The van der Waals surface area contributed by atoms with E-state index in [1.165, 1.54) is 52.7 Å². The molecule has 7 atom stereocenters. The van der Waals surface area contributed by atoms with Crippen LogP contribution in [0, 0.1) is 35.5 Å². The maximum atomic E-state index is 14.5. The Kier molecular flexibility index (Phi) is 19.4. The van der Waals surface area contributed by atoms with Crippen LogP contribution < -0.4 is 5.32 Å². The molecule has 1 rings (SSSR count). The highest BCUT2D eigenvalue weighted by Gasteiger charge is 2.44. The number of hydrogen-bond acceptors (Lipinski definition) is 7. The third-order valence-corrected chi connectivity index (χ3v) is 11.0. The fraction of sp³-hybridized carbons (Fsp3) is 0.698. The van der Waals surface area contributed by atoms with Gasteiger partial charge >= 0.3 is 5.97 Å². The number of amides is 6. The molecule has 0 saturated heterocycles. The Labute approximate surface area is 341 Å². The number of carboxylic acids is 1. The Hall–Kier alpha value is -4.49. The first-order valence-corrected chi connectivity index (χ1v) is 20.2. The van der Waals surface area contributed by atoms with Crippen LogP contribution in [0.2, 0.25) is 0 Å². The fourth-order valence-corrected chi connectivity index (χ4v) is 7.69. The van der Waals surface area contributed by atoms with Crippen LogP contribution in [0.25, 0.3) is 0 Å². The summed E-state index contributed by atoms with van der Waals surface area (Å²) in [7, 11) is 7.53. The highest BCUT2D eigenvalue weighted by Crippen LogP contribution is 2.24. The molecule has 14 heteroatoms. The number of nitrogens with zero attached hydrogens (tertiary/aromatic N) is 5. The van der Waals surface area contributed by atoms with E-state index in [0.29, 0.717) is 12.0 Å². The lowest BCUT2D eigenvalue weighted by molar-refractivity contribution is -0.157. The van der Waals surface area contributed by atoms with Crippen molar-refractivity contribution in [2.24, 2.45) is 35.5 Å². The first-order chi connectivity index (χ1) is 26.3. The molecule has 0 saturated carbocycles. The summed E-state index contributed by atoms with van der Waals surface area (Å²) >= 11 is 0. The first kappa shape index (κ1) is 50.5. The molecule has 57 heavy (non-hydrogen) atoms. The molecule has 0 aliphatic carbocycles. The Morgan fingerprint density at radius 3 is 1.26 bits per heavy atom. The minimum Gasteiger partial charge on any atom is -0.480 e. The molecule has 0 radical (unpaired) electrons. The molecule has 1 aromatic carbocycles. The Bertz CT molecular complexity index is 1550. The second-order valence-electron chi connectivity index (χ2n) is 17.2. The smallest absolute Gasteiger partial charge is 0.326 e. The number of carbonyl (C=O) groups excluding carboxylic acids is 6. The van der Waals surface area contributed by atoms with Crippen LogP contribution >= 0.6 is 0 Å². The lowest BCUT2D eigenvalue weighted by atomic mass is 9.92. The van der Waals surface area contributed by atoms with E-state index >= 15 is 0 Å². The number of likely N-dealkylation sites (N-methyl/N-ethyl adjacent to an activating group) is 5. The molecule has 0 fully saturated rings. The van der Waals surface area contributed by atoms with Gasteiger partial charge in [0.2, 0.25) is 29.5 Å². The summed E-state index contributed by atoms with van der Waals surface area (Å²) in [4.78, 5) is 103. The third kappa shape index (κ3) is 12.3. The van der Waals surface area contributed by atoms with Crippen molar-refractivity contribution >= 4 is 41.4 Å². The van der Waals surface area contributed by atoms with Crippen molar-refractivity contribution in [3.63, 3.8) is 0 Å². The van der Waals surface area contributed by atoms with Crippen LogP contribution in [0.1, 0.15) is 99.9 Å². The topological polar surface area (TPSA) is 168 Å². The van der Waals surface area contributed by atoms with Gasteiger partial charge in [0.25, 0.3) is 5.91 Å². The van der Waals surface area contributed by atoms with Crippen molar-refractivity contribution in [3.05, 3.63) is 35.9 Å². The number of nitrogens with one attached hydrogen (secondary N) is 1. The molecule has 0 aliphatic heterocycles. The molecule has 14 nitrogen and oxygen atoms in total. The molecule has 0 aliphatic rings. The summed E-state index contributed by atoms with van der Waals surface area (Å²) in [6, 6.07) is 2.53. The number of rotatable bonds is 20. The monoisotopic (exact) mass is 801 g/mol. The second-order valence-corrected chi connectivity index (χ2v) is 17.2. The van der Waals surface area contributed by atoms with Gasteiger partial charge in [0.05, 0.1) is 0 Å². The predicted octanol–water partition coefficient (Wildman–Crippen LogP) is 4.33. The molecule has 1 aromatic rings. The lowest BCUT2D eigenvalue weighted by Gasteiger charge is -2.41. The van der Waals surface area contributed by atoms with Crippen molar-refractivity contribution in [2.75, 3.05) is 35.2 Å². The number of benzene rings is 1. The van der Waals surface area contributed by atoms with E-state index in [-0.39, 0.29) is 29.6 Å². The summed E-state index contributed by atoms with van der Waals surface area (Å²) in [5.41, 5.74) is 0.430. The largest absolute Gasteiger partial charge is 0.480 e. The van der Waals surface area contributed by atoms with E-state index in [9.17, 15) is 38.7 Å². The summed E-state index contributed by atoms with van der Waals surface area (Å²) in [5, 5.41) is 12.8. The molecule has 1 unspecified atom stereocenters. The number of hydrogen-bond donors (Lipinski definition) is 2. The molecular weight excluding hydrogens is 729 g/mol. The summed E-state index contributed by atoms with van der Waals surface area (Å²) in [6.45, 7) is 21.5. The molecule has 0 spiro atoms. The van der Waals surface area contributed by atoms with Crippen molar-refractivity contribution < 1.29 is 38.7 Å². The predicted molar refractivity (Wildman–Crippen MR) is 222 cm³/mol. The number of carbonyl (C=O) groups is 7. The Morgan fingerprint density at radius 2 is 0.877 bits per heavy atom. The van der Waals surface area contributed by atoms with Gasteiger partial charge in [-0.25, -0.2) is 4.79 Å². The van der Waals surface area contributed by atoms with Gasteiger partial charge in [0.15, 0.2) is 0 Å². The van der Waals surface area contributed by atoms with Crippen molar-refractivity contribution in [3.8, 4) is 0 Å². The maximum Gasteiger partial charge on any atom is 0.326 e. The molecule has 0 heterocycles. The minimum absolute atomic E-state index is 0.291. The van der Waals surface area contributed by atoms with E-state index in [2.05, 4.69) is 5.32 Å². The quantitative estimate of drug-likeness (QED) is 0.197. The second kappa shape index (κ2) is 21.9. The van der Waals surface area contributed by atoms with Crippen molar-refractivity contribution in [1.29, 1.82) is 0 Å². The Morgan fingerprint density at radius 1 is 0.509 bits per heavy atom. The number of aliphatic carboxylic acids is 1. The Balaban J connectivity index is 3.50. The zero-order valence-corrected chi connectivity index (χ0v) is 37.6. The SMILES string of the molecule is CC[C@H](C)[C@@H](C(=O)N(C)[C@H](C(=O)O)C(C)C)N(C)C(=O)C(NC(=O)[C@H](C(C)C)N(C)C(=O)[C@H](C(C)C)N(C)C(=O)[C@H](C(C)C)N(C)C(=O)c1ccccc1)C(C)C. The standard InChI is InChI=1S/C43H72N6O8/c1-18-29(12)36(42(55)48(16)35(28(10)11)43(56)57)49(17)39(52)31(24(2)3)44-37(50)32(25(4)5)45(13)40(53)34(27(8)9)47(15)41(54)33(26(6)7)46(14)38(51)30-22-20-19-21-23-30/h19-29,31-36H,18H2,1-17H3,(H,44,50)(H,56,57)/t29-,31?,32-,33-,34-,35-,36-/m0/s1. The summed E-state index contributed by atoms with van der Waals surface area (Å²) < 4.78 is 0. The van der Waals surface area contributed by atoms with E-state index in [4.69, 9.17) is 0 Å². The summed E-state index contributed by atoms with van der Waals surface area (Å²) in [5.74, 6) is -6.26. The molecule has 0 bridgehead atoms. The van der Waals surface area contributed by atoms with Crippen LogP contribution in [-0.2, 0) is 28.8 Å². The van der Waals surface area contributed by atoms with Crippen molar-refractivity contribution in [1.82, 2.24) is 29.8 Å². The lowest BCUT2D eigenvalue weighted by Crippen LogP contribution is -2.63. The average Bonchev–Trinajstić information content (AvgIpc) is 3.12. The molecule has 2 N–H and O–H groups in total. The van der Waals surface area contributed by atoms with Crippen LogP contribution in [0.15, 0.2) is 30.3 Å². The minimum atomic E-state index is -1.15. The first-order valence-electron chi connectivity index (χ1n) is 20.2. The van der Waals surface area contributed by atoms with Gasteiger partial charge < -0.3 is 34.9 Å².